The van der Waals surface area contributed by atoms with Crippen molar-refractivity contribution in [1.29, 1.82) is 0 Å². The predicted octanol–water partition coefficient (Wildman–Crippen LogP) is 2.08. The second-order valence-corrected chi connectivity index (χ2v) is 4.46. The largest absolute Gasteiger partial charge is 0.466 e. The van der Waals surface area contributed by atoms with Crippen molar-refractivity contribution < 1.29 is 9.53 Å². The molecule has 0 fully saturated rings. The normalized spacial score (nSPS) is 27.1. The molecule has 0 saturated carbocycles. The van der Waals surface area contributed by atoms with E-state index in [0.29, 0.717) is 5.92 Å². The van der Waals surface area contributed by atoms with Crippen molar-refractivity contribution >= 4 is 12.2 Å². The summed E-state index contributed by atoms with van der Waals surface area (Å²) < 4.78 is 4.69. The van der Waals surface area contributed by atoms with Crippen LogP contribution in [0.1, 0.15) is 26.7 Å². The van der Waals surface area contributed by atoms with E-state index in [1.807, 2.05) is 14.0 Å². The van der Waals surface area contributed by atoms with Gasteiger partial charge in [-0.3, -0.25) is 4.99 Å². The molecule has 0 radical (unpaired) electrons. The van der Waals surface area contributed by atoms with Gasteiger partial charge in [-0.1, -0.05) is 6.92 Å². The van der Waals surface area contributed by atoms with Crippen molar-refractivity contribution in [1.82, 2.24) is 5.32 Å². The number of carbonyl (C=O) groups excluding carboxylic acids is 1. The van der Waals surface area contributed by atoms with Crippen LogP contribution >= 0.6 is 0 Å². The molecule has 4 nitrogen and oxygen atoms in total. The second kappa shape index (κ2) is 7.11. The number of rotatable bonds is 3. The van der Waals surface area contributed by atoms with Gasteiger partial charge in [0.1, 0.15) is 0 Å². The first kappa shape index (κ1) is 14.6. The molecule has 0 spiro atoms. The molecule has 0 bridgehead atoms. The van der Waals surface area contributed by atoms with Crippen LogP contribution in [-0.2, 0) is 9.53 Å². The van der Waals surface area contributed by atoms with Gasteiger partial charge >= 0.3 is 5.97 Å². The van der Waals surface area contributed by atoms with Gasteiger partial charge in [-0.2, -0.15) is 0 Å². The lowest BCUT2D eigenvalue weighted by atomic mass is 9.98. The SMILES string of the molecule is CC=NC1=CC(NC)C(C)CC/C1=C\C(=O)OC. The summed E-state index contributed by atoms with van der Waals surface area (Å²) >= 11 is 0. The van der Waals surface area contributed by atoms with Crippen molar-refractivity contribution in [2.45, 2.75) is 32.7 Å². The maximum atomic E-state index is 11.4. The van der Waals surface area contributed by atoms with E-state index in [9.17, 15) is 4.79 Å². The first-order chi connectivity index (χ1) is 8.62. The van der Waals surface area contributed by atoms with Gasteiger partial charge in [-0.05, 0) is 44.4 Å². The van der Waals surface area contributed by atoms with Gasteiger partial charge in [-0.15, -0.1) is 0 Å². The zero-order valence-corrected chi connectivity index (χ0v) is 11.6. The number of aliphatic imine (C=N–C) groups is 1. The Hall–Kier alpha value is -1.42. The Morgan fingerprint density at radius 1 is 1.61 bits per heavy atom. The van der Waals surface area contributed by atoms with Crippen LogP contribution < -0.4 is 5.32 Å². The number of hydrogen-bond acceptors (Lipinski definition) is 4. The molecule has 2 atom stereocenters. The van der Waals surface area contributed by atoms with Crippen molar-refractivity contribution in [3.8, 4) is 0 Å². The number of carbonyl (C=O) groups is 1. The van der Waals surface area contributed by atoms with Crippen LogP contribution in [0.3, 0.4) is 0 Å². The molecule has 1 aliphatic carbocycles. The van der Waals surface area contributed by atoms with Crippen LogP contribution in [0.25, 0.3) is 0 Å². The number of methoxy groups -OCH3 is 1. The summed E-state index contributed by atoms with van der Waals surface area (Å²) in [7, 11) is 3.33. The smallest absolute Gasteiger partial charge is 0.330 e. The van der Waals surface area contributed by atoms with E-state index in [-0.39, 0.29) is 12.0 Å². The average Bonchev–Trinajstić information content (AvgIpc) is 2.51. The van der Waals surface area contributed by atoms with E-state index in [4.69, 9.17) is 4.74 Å². The summed E-state index contributed by atoms with van der Waals surface area (Å²) in [5, 5.41) is 3.28. The monoisotopic (exact) mass is 250 g/mol. The highest BCUT2D eigenvalue weighted by Crippen LogP contribution is 2.27. The third-order valence-corrected chi connectivity index (χ3v) is 3.24. The van der Waals surface area contributed by atoms with Crippen molar-refractivity contribution in [2.24, 2.45) is 10.9 Å². The zero-order chi connectivity index (χ0) is 13.5. The lowest BCUT2D eigenvalue weighted by Gasteiger charge is -2.17. The molecule has 0 aromatic carbocycles. The Morgan fingerprint density at radius 2 is 2.33 bits per heavy atom. The number of nitrogens with zero attached hydrogens (tertiary/aromatic N) is 1. The minimum absolute atomic E-state index is 0.284. The molecule has 0 aromatic heterocycles. The number of allylic oxidation sites excluding steroid dienone is 1. The van der Waals surface area contributed by atoms with Crippen LogP contribution in [0.4, 0.5) is 0 Å². The first-order valence-corrected chi connectivity index (χ1v) is 6.29. The molecule has 0 amide bonds. The summed E-state index contributed by atoms with van der Waals surface area (Å²) in [5.74, 6) is 0.193. The topological polar surface area (TPSA) is 50.7 Å². The minimum atomic E-state index is -0.322. The summed E-state index contributed by atoms with van der Waals surface area (Å²) in [6.45, 7) is 4.07. The standard InChI is InChI=1S/C14H22N2O2/c1-5-16-13-9-12(15-3)10(2)6-7-11(13)8-14(17)18-4/h5,8-10,12,15H,6-7H2,1-4H3/b11-8+,16-5?. The molecule has 1 rings (SSSR count). The van der Waals surface area contributed by atoms with Crippen molar-refractivity contribution in [2.75, 3.05) is 14.2 Å². The van der Waals surface area contributed by atoms with Gasteiger partial charge in [0.05, 0.1) is 12.8 Å². The lowest BCUT2D eigenvalue weighted by Crippen LogP contribution is -2.29. The Morgan fingerprint density at radius 3 is 2.89 bits per heavy atom. The van der Waals surface area contributed by atoms with Crippen molar-refractivity contribution in [3.63, 3.8) is 0 Å². The van der Waals surface area contributed by atoms with E-state index >= 15 is 0 Å². The van der Waals surface area contributed by atoms with Gasteiger partial charge in [0.25, 0.3) is 0 Å². The van der Waals surface area contributed by atoms with E-state index in [0.717, 1.165) is 24.1 Å². The Labute approximate surface area is 109 Å². The molecule has 2 unspecified atom stereocenters. The molecule has 100 valence electrons. The van der Waals surface area contributed by atoms with Gasteiger partial charge in [0, 0.05) is 18.3 Å². The first-order valence-electron chi connectivity index (χ1n) is 6.29. The summed E-state index contributed by atoms with van der Waals surface area (Å²) in [6, 6.07) is 0.284. The van der Waals surface area contributed by atoms with Gasteiger partial charge in [0.2, 0.25) is 0 Å². The maximum absolute atomic E-state index is 11.4. The molecule has 0 aromatic rings. The highest BCUT2D eigenvalue weighted by atomic mass is 16.5. The van der Waals surface area contributed by atoms with E-state index < -0.39 is 0 Å². The number of ether oxygens (including phenoxy) is 1. The highest BCUT2D eigenvalue weighted by molar-refractivity contribution is 5.83. The molecular weight excluding hydrogens is 228 g/mol. The molecule has 0 heterocycles. The van der Waals surface area contributed by atoms with Crippen LogP contribution in [0.15, 0.2) is 28.4 Å². The Balaban J connectivity index is 3.09. The van der Waals surface area contributed by atoms with Gasteiger partial charge < -0.3 is 10.1 Å². The van der Waals surface area contributed by atoms with Gasteiger partial charge in [0.15, 0.2) is 0 Å². The van der Waals surface area contributed by atoms with Crippen molar-refractivity contribution in [3.05, 3.63) is 23.4 Å². The summed E-state index contributed by atoms with van der Waals surface area (Å²) in [6.07, 6.45) is 7.25. The zero-order valence-electron chi connectivity index (χ0n) is 11.6. The quantitative estimate of drug-likeness (QED) is 0.474. The summed E-state index contributed by atoms with van der Waals surface area (Å²) in [4.78, 5) is 15.7. The fourth-order valence-corrected chi connectivity index (χ4v) is 2.11. The van der Waals surface area contributed by atoms with E-state index in [2.05, 4.69) is 23.3 Å². The molecule has 18 heavy (non-hydrogen) atoms. The van der Waals surface area contributed by atoms with E-state index in [1.165, 1.54) is 7.11 Å². The molecule has 1 N–H and O–H groups in total. The molecule has 1 aliphatic rings. The summed E-state index contributed by atoms with van der Waals surface area (Å²) in [5.41, 5.74) is 1.82. The number of hydrogen-bond donors (Lipinski definition) is 1. The number of nitrogens with one attached hydrogen (secondary N) is 1. The third-order valence-electron chi connectivity index (χ3n) is 3.24. The predicted molar refractivity (Wildman–Crippen MR) is 73.6 cm³/mol. The fraction of sp³-hybridized carbons (Fsp3) is 0.571. The highest BCUT2D eigenvalue weighted by Gasteiger charge is 2.20. The van der Waals surface area contributed by atoms with Crippen LogP contribution in [0.5, 0.6) is 0 Å². The average molecular weight is 250 g/mol. The van der Waals surface area contributed by atoms with E-state index in [1.54, 1.807) is 12.3 Å². The Bertz CT molecular complexity index is 383. The van der Waals surface area contributed by atoms with Crippen LogP contribution in [-0.4, -0.2) is 32.4 Å². The third kappa shape index (κ3) is 3.81. The number of likely N-dealkylation sites (N-methyl/N-ethyl adjacent to an activating group) is 1. The fourth-order valence-electron chi connectivity index (χ4n) is 2.11. The maximum Gasteiger partial charge on any atom is 0.330 e. The number of esters is 1. The van der Waals surface area contributed by atoms with Crippen LogP contribution in [0.2, 0.25) is 0 Å². The van der Waals surface area contributed by atoms with Crippen LogP contribution in [0, 0.1) is 5.92 Å². The van der Waals surface area contributed by atoms with Gasteiger partial charge in [-0.25, -0.2) is 4.79 Å². The molecule has 4 heteroatoms. The Kier molecular flexibility index (Phi) is 5.78. The lowest BCUT2D eigenvalue weighted by molar-refractivity contribution is -0.134. The molecule has 0 aliphatic heterocycles. The second-order valence-electron chi connectivity index (χ2n) is 4.46. The molecule has 0 saturated heterocycles. The minimum Gasteiger partial charge on any atom is -0.466 e. The molecular formula is C14H22N2O2.